The molecule has 0 fully saturated rings. The first-order valence-corrected chi connectivity index (χ1v) is 7.82. The summed E-state index contributed by atoms with van der Waals surface area (Å²) in [5, 5.41) is 2.72. The van der Waals surface area contributed by atoms with Crippen LogP contribution in [0.5, 0.6) is 0 Å². The van der Waals surface area contributed by atoms with Crippen molar-refractivity contribution >= 4 is 29.2 Å². The van der Waals surface area contributed by atoms with Crippen molar-refractivity contribution in [1.82, 2.24) is 0 Å². The predicted molar refractivity (Wildman–Crippen MR) is 95.5 cm³/mol. The van der Waals surface area contributed by atoms with Crippen LogP contribution < -0.4 is 10.2 Å². The van der Waals surface area contributed by atoms with Crippen molar-refractivity contribution < 1.29 is 19.1 Å². The van der Waals surface area contributed by atoms with Crippen LogP contribution in [0.1, 0.15) is 23.7 Å². The van der Waals surface area contributed by atoms with Crippen LogP contribution in [0.25, 0.3) is 0 Å². The van der Waals surface area contributed by atoms with E-state index in [1.165, 1.54) is 14.0 Å². The van der Waals surface area contributed by atoms with Crippen molar-refractivity contribution in [3.8, 4) is 0 Å². The van der Waals surface area contributed by atoms with E-state index >= 15 is 0 Å². The van der Waals surface area contributed by atoms with Crippen LogP contribution in [-0.4, -0.2) is 31.4 Å². The van der Waals surface area contributed by atoms with Crippen molar-refractivity contribution in [2.24, 2.45) is 0 Å². The van der Waals surface area contributed by atoms with E-state index in [-0.39, 0.29) is 24.8 Å². The highest BCUT2D eigenvalue weighted by Crippen LogP contribution is 2.15. The van der Waals surface area contributed by atoms with Crippen LogP contribution >= 0.6 is 0 Å². The second kappa shape index (κ2) is 8.63. The van der Waals surface area contributed by atoms with Crippen molar-refractivity contribution in [3.63, 3.8) is 0 Å². The minimum atomic E-state index is -0.470. The number of rotatable bonds is 6. The Morgan fingerprint density at radius 2 is 1.76 bits per heavy atom. The molecule has 0 atom stereocenters. The topological polar surface area (TPSA) is 75.7 Å². The fraction of sp³-hybridized carbons (Fsp3) is 0.211. The molecule has 2 rings (SSSR count). The molecule has 6 nitrogen and oxygen atoms in total. The fourth-order valence-corrected chi connectivity index (χ4v) is 2.35. The summed E-state index contributed by atoms with van der Waals surface area (Å²) in [6, 6.07) is 15.7. The summed E-state index contributed by atoms with van der Waals surface area (Å²) >= 11 is 0. The number of ether oxygens (including phenoxy) is 1. The zero-order valence-electron chi connectivity index (χ0n) is 14.2. The number of methoxy groups -OCH3 is 1. The Hall–Kier alpha value is -3.15. The highest BCUT2D eigenvalue weighted by Gasteiger charge is 2.13. The molecular weight excluding hydrogens is 320 g/mol. The molecule has 0 radical (unpaired) electrons. The van der Waals surface area contributed by atoms with Gasteiger partial charge in [-0.15, -0.1) is 0 Å². The van der Waals surface area contributed by atoms with E-state index in [1.807, 2.05) is 30.3 Å². The van der Waals surface area contributed by atoms with E-state index in [9.17, 15) is 14.4 Å². The van der Waals surface area contributed by atoms with Crippen molar-refractivity contribution in [2.75, 3.05) is 23.9 Å². The van der Waals surface area contributed by atoms with Crippen molar-refractivity contribution in [3.05, 3.63) is 60.2 Å². The second-order valence-corrected chi connectivity index (χ2v) is 5.38. The third-order valence-corrected chi connectivity index (χ3v) is 3.58. The molecule has 0 spiro atoms. The lowest BCUT2D eigenvalue weighted by Gasteiger charge is -2.20. The summed E-state index contributed by atoms with van der Waals surface area (Å²) in [5.41, 5.74) is 1.60. The minimum absolute atomic E-state index is 0.133. The number of para-hydroxylation sites is 1. The molecule has 0 heterocycles. The molecular formula is C19H20N2O4. The highest BCUT2D eigenvalue weighted by atomic mass is 16.5. The first kappa shape index (κ1) is 18.2. The van der Waals surface area contributed by atoms with E-state index in [0.29, 0.717) is 11.3 Å². The molecule has 0 saturated heterocycles. The number of amides is 2. The molecule has 0 bridgehead atoms. The smallest absolute Gasteiger partial charge is 0.337 e. The van der Waals surface area contributed by atoms with Crippen LogP contribution in [0.15, 0.2) is 54.6 Å². The number of anilines is 2. The van der Waals surface area contributed by atoms with Gasteiger partial charge in [0.05, 0.1) is 12.7 Å². The number of nitrogens with one attached hydrogen (secondary N) is 1. The van der Waals surface area contributed by atoms with Crippen LogP contribution in [0, 0.1) is 0 Å². The summed E-state index contributed by atoms with van der Waals surface area (Å²) < 4.78 is 4.65. The van der Waals surface area contributed by atoms with E-state index < -0.39 is 5.97 Å². The highest BCUT2D eigenvalue weighted by molar-refractivity contribution is 5.96. The quantitative estimate of drug-likeness (QED) is 0.821. The molecule has 0 aliphatic carbocycles. The van der Waals surface area contributed by atoms with Gasteiger partial charge in [-0.1, -0.05) is 24.3 Å². The molecule has 2 amide bonds. The Morgan fingerprint density at radius 1 is 1.04 bits per heavy atom. The van der Waals surface area contributed by atoms with Gasteiger partial charge in [0.15, 0.2) is 0 Å². The molecule has 0 aliphatic heterocycles. The SMILES string of the molecule is COC(=O)c1cccc(NC(=O)CCN(C(C)=O)c2ccccc2)c1. The summed E-state index contributed by atoms with van der Waals surface area (Å²) in [4.78, 5) is 37.0. The standard InChI is InChI=1S/C19H20N2O4/c1-14(22)21(17-9-4-3-5-10-17)12-11-18(23)20-16-8-6-7-15(13-16)19(24)25-2/h3-10,13H,11-12H2,1-2H3,(H,20,23). The van der Waals surface area contributed by atoms with E-state index in [1.54, 1.807) is 29.2 Å². The van der Waals surface area contributed by atoms with Gasteiger partial charge >= 0.3 is 5.97 Å². The molecule has 2 aromatic carbocycles. The Balaban J connectivity index is 1.98. The maximum atomic E-state index is 12.2. The van der Waals surface area contributed by atoms with Crippen LogP contribution in [0.3, 0.4) is 0 Å². The van der Waals surface area contributed by atoms with E-state index in [2.05, 4.69) is 10.1 Å². The molecule has 0 saturated carbocycles. The predicted octanol–water partition coefficient (Wildman–Crippen LogP) is 2.85. The largest absolute Gasteiger partial charge is 0.465 e. The molecule has 25 heavy (non-hydrogen) atoms. The molecule has 0 unspecified atom stereocenters. The van der Waals surface area contributed by atoms with Gasteiger partial charge < -0.3 is 15.0 Å². The van der Waals surface area contributed by atoms with Crippen LogP contribution in [-0.2, 0) is 14.3 Å². The van der Waals surface area contributed by atoms with Gasteiger partial charge in [-0.2, -0.15) is 0 Å². The van der Waals surface area contributed by atoms with Crippen molar-refractivity contribution in [2.45, 2.75) is 13.3 Å². The first-order valence-electron chi connectivity index (χ1n) is 7.82. The molecule has 130 valence electrons. The molecule has 6 heteroatoms. The molecule has 0 aliphatic rings. The van der Waals surface area contributed by atoms with Crippen LogP contribution in [0.4, 0.5) is 11.4 Å². The molecule has 1 N–H and O–H groups in total. The maximum absolute atomic E-state index is 12.2. The molecule has 0 aromatic heterocycles. The third-order valence-electron chi connectivity index (χ3n) is 3.58. The van der Waals surface area contributed by atoms with E-state index in [4.69, 9.17) is 0 Å². The Bertz CT molecular complexity index is 759. The number of esters is 1. The first-order chi connectivity index (χ1) is 12.0. The van der Waals surface area contributed by atoms with Crippen molar-refractivity contribution in [1.29, 1.82) is 0 Å². The van der Waals surface area contributed by atoms with Gasteiger partial charge in [0.2, 0.25) is 11.8 Å². The number of hydrogen-bond donors (Lipinski definition) is 1. The maximum Gasteiger partial charge on any atom is 0.337 e. The number of carbonyl (C=O) groups excluding carboxylic acids is 3. The third kappa shape index (κ3) is 5.17. The monoisotopic (exact) mass is 340 g/mol. The van der Waals surface area contributed by atoms with Crippen LogP contribution in [0.2, 0.25) is 0 Å². The van der Waals surface area contributed by atoms with Gasteiger partial charge in [-0.25, -0.2) is 4.79 Å². The average molecular weight is 340 g/mol. The Kier molecular flexibility index (Phi) is 6.28. The zero-order valence-corrected chi connectivity index (χ0v) is 14.2. The lowest BCUT2D eigenvalue weighted by atomic mass is 10.2. The van der Waals surface area contributed by atoms with Gasteiger partial charge in [0, 0.05) is 31.3 Å². The average Bonchev–Trinajstić information content (AvgIpc) is 2.62. The second-order valence-electron chi connectivity index (χ2n) is 5.38. The summed E-state index contributed by atoms with van der Waals surface area (Å²) in [6.07, 6.45) is 0.136. The minimum Gasteiger partial charge on any atom is -0.465 e. The Morgan fingerprint density at radius 3 is 2.40 bits per heavy atom. The zero-order chi connectivity index (χ0) is 18.2. The van der Waals surface area contributed by atoms with Gasteiger partial charge in [-0.3, -0.25) is 9.59 Å². The van der Waals surface area contributed by atoms with E-state index in [0.717, 1.165) is 5.69 Å². The number of benzene rings is 2. The van der Waals surface area contributed by atoms with Gasteiger partial charge in [0.25, 0.3) is 0 Å². The number of carbonyl (C=O) groups is 3. The number of hydrogen-bond acceptors (Lipinski definition) is 4. The fourth-order valence-electron chi connectivity index (χ4n) is 2.35. The Labute approximate surface area is 146 Å². The van der Waals surface area contributed by atoms with Gasteiger partial charge in [0.1, 0.15) is 0 Å². The summed E-state index contributed by atoms with van der Waals surface area (Å²) in [7, 11) is 1.30. The van der Waals surface area contributed by atoms with Gasteiger partial charge in [-0.05, 0) is 30.3 Å². The lowest BCUT2D eigenvalue weighted by molar-refractivity contribution is -0.117. The molecule has 2 aromatic rings. The number of nitrogens with zero attached hydrogens (tertiary/aromatic N) is 1. The normalized spacial score (nSPS) is 10.0. The lowest BCUT2D eigenvalue weighted by Crippen LogP contribution is -2.31. The summed E-state index contributed by atoms with van der Waals surface area (Å²) in [6.45, 7) is 1.73. The summed E-state index contributed by atoms with van der Waals surface area (Å²) in [5.74, 6) is -0.848.